The SMILES string of the molecule is CCCCn1c(SCc2ccccc2C#N)nnc1[C@@H](CC)N(C)C. The van der Waals surface area contributed by atoms with E-state index in [1.54, 1.807) is 11.8 Å². The van der Waals surface area contributed by atoms with Crippen molar-refractivity contribution < 1.29 is 0 Å². The van der Waals surface area contributed by atoms with E-state index in [0.717, 1.165) is 53.7 Å². The minimum absolute atomic E-state index is 0.269. The van der Waals surface area contributed by atoms with Crippen molar-refractivity contribution in [3.8, 4) is 6.07 Å². The Morgan fingerprint density at radius 1 is 1.24 bits per heavy atom. The molecule has 1 heterocycles. The summed E-state index contributed by atoms with van der Waals surface area (Å²) in [5.41, 5.74) is 1.77. The highest BCUT2D eigenvalue weighted by molar-refractivity contribution is 7.98. The molecular weight excluding hydrogens is 330 g/mol. The Labute approximate surface area is 155 Å². The Balaban J connectivity index is 2.25. The van der Waals surface area contributed by atoms with E-state index in [-0.39, 0.29) is 6.04 Å². The van der Waals surface area contributed by atoms with Crippen LogP contribution in [0.15, 0.2) is 29.4 Å². The van der Waals surface area contributed by atoms with Crippen LogP contribution in [0.5, 0.6) is 0 Å². The monoisotopic (exact) mass is 357 g/mol. The summed E-state index contributed by atoms with van der Waals surface area (Å²) in [4.78, 5) is 2.20. The summed E-state index contributed by atoms with van der Waals surface area (Å²) in [6.07, 6.45) is 3.24. The Bertz CT molecular complexity index is 717. The summed E-state index contributed by atoms with van der Waals surface area (Å²) in [5.74, 6) is 1.77. The maximum Gasteiger partial charge on any atom is 0.191 e. The lowest BCUT2D eigenvalue weighted by atomic mass is 10.1. The Morgan fingerprint density at radius 2 is 2.00 bits per heavy atom. The van der Waals surface area contributed by atoms with Crippen LogP contribution >= 0.6 is 11.8 Å². The molecule has 5 nitrogen and oxygen atoms in total. The summed E-state index contributed by atoms with van der Waals surface area (Å²) in [6.45, 7) is 5.31. The third-order valence-corrected chi connectivity index (χ3v) is 5.30. The van der Waals surface area contributed by atoms with Crippen LogP contribution in [-0.4, -0.2) is 33.8 Å². The van der Waals surface area contributed by atoms with Gasteiger partial charge in [-0.1, -0.05) is 50.2 Å². The Hall–Kier alpha value is -1.84. The molecule has 1 aromatic heterocycles. The molecule has 0 aliphatic carbocycles. The highest BCUT2D eigenvalue weighted by atomic mass is 32.2. The molecule has 1 aromatic carbocycles. The summed E-state index contributed by atoms with van der Waals surface area (Å²) < 4.78 is 2.26. The molecule has 0 saturated heterocycles. The molecule has 2 rings (SSSR count). The summed E-state index contributed by atoms with van der Waals surface area (Å²) in [7, 11) is 4.17. The van der Waals surface area contributed by atoms with Crippen molar-refractivity contribution in [2.75, 3.05) is 14.1 Å². The number of nitrogens with zero attached hydrogens (tertiary/aromatic N) is 5. The van der Waals surface area contributed by atoms with E-state index in [9.17, 15) is 5.26 Å². The van der Waals surface area contributed by atoms with Gasteiger partial charge in [0.05, 0.1) is 17.7 Å². The van der Waals surface area contributed by atoms with Crippen molar-refractivity contribution in [1.82, 2.24) is 19.7 Å². The lowest BCUT2D eigenvalue weighted by Gasteiger charge is -2.23. The van der Waals surface area contributed by atoms with E-state index in [4.69, 9.17) is 0 Å². The smallest absolute Gasteiger partial charge is 0.191 e. The zero-order valence-electron chi connectivity index (χ0n) is 15.6. The minimum Gasteiger partial charge on any atom is -0.305 e. The van der Waals surface area contributed by atoms with Crippen LogP contribution in [0.1, 0.15) is 56.1 Å². The van der Waals surface area contributed by atoms with Gasteiger partial charge in [-0.25, -0.2) is 0 Å². The second kappa shape index (κ2) is 9.59. The van der Waals surface area contributed by atoms with Gasteiger partial charge < -0.3 is 4.57 Å². The number of aromatic nitrogens is 3. The molecule has 0 aliphatic heterocycles. The maximum absolute atomic E-state index is 9.26. The van der Waals surface area contributed by atoms with Gasteiger partial charge in [0.25, 0.3) is 0 Å². The molecule has 0 aliphatic rings. The van der Waals surface area contributed by atoms with Crippen LogP contribution in [-0.2, 0) is 12.3 Å². The largest absolute Gasteiger partial charge is 0.305 e. The summed E-state index contributed by atoms with van der Waals surface area (Å²) in [5, 5.41) is 19.2. The average molecular weight is 358 g/mol. The molecule has 0 bridgehead atoms. The second-order valence-corrected chi connectivity index (χ2v) is 7.23. The van der Waals surface area contributed by atoms with Crippen LogP contribution in [0.2, 0.25) is 0 Å². The van der Waals surface area contributed by atoms with E-state index >= 15 is 0 Å². The van der Waals surface area contributed by atoms with E-state index in [0.29, 0.717) is 0 Å². The first-order valence-electron chi connectivity index (χ1n) is 8.82. The highest BCUT2D eigenvalue weighted by Gasteiger charge is 2.21. The van der Waals surface area contributed by atoms with Gasteiger partial charge in [-0.05, 0) is 38.6 Å². The van der Waals surface area contributed by atoms with E-state index in [2.05, 4.69) is 53.7 Å². The first kappa shape index (κ1) is 19.5. The zero-order valence-corrected chi connectivity index (χ0v) is 16.4. The predicted molar refractivity (Wildman–Crippen MR) is 102 cm³/mol. The van der Waals surface area contributed by atoms with Gasteiger partial charge in [0.1, 0.15) is 0 Å². The van der Waals surface area contributed by atoms with Gasteiger partial charge in [0, 0.05) is 12.3 Å². The second-order valence-electron chi connectivity index (χ2n) is 6.29. The number of unbranched alkanes of at least 4 members (excludes halogenated alkanes) is 1. The third-order valence-electron chi connectivity index (χ3n) is 4.28. The molecule has 0 amide bonds. The number of hydrogen-bond acceptors (Lipinski definition) is 5. The maximum atomic E-state index is 9.26. The molecule has 0 spiro atoms. The molecule has 0 radical (unpaired) electrons. The van der Waals surface area contributed by atoms with Crippen LogP contribution in [0, 0.1) is 11.3 Å². The number of nitriles is 1. The first-order chi connectivity index (χ1) is 12.1. The fourth-order valence-corrected chi connectivity index (χ4v) is 3.83. The molecule has 2 aromatic rings. The number of benzene rings is 1. The van der Waals surface area contributed by atoms with Crippen LogP contribution in [0.25, 0.3) is 0 Å². The van der Waals surface area contributed by atoms with E-state index in [1.807, 2.05) is 24.3 Å². The minimum atomic E-state index is 0.269. The molecule has 1 atom stereocenters. The Kier molecular flexibility index (Phi) is 7.48. The Morgan fingerprint density at radius 3 is 2.64 bits per heavy atom. The highest BCUT2D eigenvalue weighted by Crippen LogP contribution is 2.28. The number of thioether (sulfide) groups is 1. The standard InChI is InChI=1S/C19H27N5S/c1-5-7-12-24-18(17(6-2)23(3)4)21-22-19(24)25-14-16-11-9-8-10-15(16)13-20/h8-11,17H,5-7,12,14H2,1-4H3/t17-/m1/s1. The lowest BCUT2D eigenvalue weighted by Crippen LogP contribution is -2.23. The van der Waals surface area contributed by atoms with Crippen LogP contribution < -0.4 is 0 Å². The fraction of sp³-hybridized carbons (Fsp3) is 0.526. The van der Waals surface area contributed by atoms with Crippen LogP contribution in [0.3, 0.4) is 0 Å². The molecule has 134 valence electrons. The van der Waals surface area contributed by atoms with Gasteiger partial charge in [-0.15, -0.1) is 10.2 Å². The normalized spacial score (nSPS) is 12.3. The molecule has 0 N–H and O–H groups in total. The van der Waals surface area contributed by atoms with Gasteiger partial charge in [0.2, 0.25) is 0 Å². The lowest BCUT2D eigenvalue weighted by molar-refractivity contribution is 0.270. The molecule has 0 fully saturated rings. The summed E-state index contributed by atoms with van der Waals surface area (Å²) >= 11 is 1.66. The quantitative estimate of drug-likeness (QED) is 0.628. The molecule has 25 heavy (non-hydrogen) atoms. The molecule has 6 heteroatoms. The van der Waals surface area contributed by atoms with E-state index in [1.165, 1.54) is 0 Å². The molecule has 0 unspecified atom stereocenters. The average Bonchev–Trinajstić information content (AvgIpc) is 3.01. The van der Waals surface area contributed by atoms with Crippen molar-refractivity contribution in [2.45, 2.75) is 56.6 Å². The molecule has 0 saturated carbocycles. The van der Waals surface area contributed by atoms with Crippen molar-refractivity contribution in [2.24, 2.45) is 0 Å². The third kappa shape index (κ3) is 4.83. The van der Waals surface area contributed by atoms with Crippen molar-refractivity contribution in [3.05, 3.63) is 41.2 Å². The van der Waals surface area contributed by atoms with Gasteiger partial charge in [-0.2, -0.15) is 5.26 Å². The number of hydrogen-bond donors (Lipinski definition) is 0. The van der Waals surface area contributed by atoms with Gasteiger partial charge in [-0.3, -0.25) is 4.90 Å². The van der Waals surface area contributed by atoms with E-state index < -0.39 is 0 Å². The molecular formula is C19H27N5S. The number of rotatable bonds is 9. The van der Waals surface area contributed by atoms with Gasteiger partial charge >= 0.3 is 0 Å². The van der Waals surface area contributed by atoms with Gasteiger partial charge in [0.15, 0.2) is 11.0 Å². The van der Waals surface area contributed by atoms with Crippen molar-refractivity contribution >= 4 is 11.8 Å². The van der Waals surface area contributed by atoms with Crippen molar-refractivity contribution in [3.63, 3.8) is 0 Å². The topological polar surface area (TPSA) is 57.7 Å². The fourth-order valence-electron chi connectivity index (χ4n) is 2.86. The first-order valence-corrected chi connectivity index (χ1v) is 9.81. The zero-order chi connectivity index (χ0) is 18.2. The predicted octanol–water partition coefficient (Wildman–Crippen LogP) is 4.25. The summed E-state index contributed by atoms with van der Waals surface area (Å²) in [6, 6.07) is 10.3. The van der Waals surface area contributed by atoms with Crippen LogP contribution in [0.4, 0.5) is 0 Å². The van der Waals surface area contributed by atoms with Crippen molar-refractivity contribution in [1.29, 1.82) is 5.26 Å².